The van der Waals surface area contributed by atoms with Gasteiger partial charge in [-0.05, 0) is 38.5 Å². The maximum Gasteiger partial charge on any atom is 0.164 e. The number of anilines is 1. The molecule has 7 heteroatoms. The van der Waals surface area contributed by atoms with Crippen LogP contribution in [0.25, 0.3) is 11.2 Å². The predicted octanol–water partition coefficient (Wildman–Crippen LogP) is 3.62. The summed E-state index contributed by atoms with van der Waals surface area (Å²) >= 11 is 6.29. The molecule has 3 aliphatic rings. The molecule has 134 valence electrons. The van der Waals surface area contributed by atoms with Crippen molar-refractivity contribution in [2.45, 2.75) is 57.6 Å². The van der Waals surface area contributed by atoms with Crippen molar-refractivity contribution in [2.75, 3.05) is 11.9 Å². The smallest absolute Gasteiger partial charge is 0.164 e. The highest BCUT2D eigenvalue weighted by atomic mass is 35.5. The lowest BCUT2D eigenvalue weighted by Gasteiger charge is -2.24. The van der Waals surface area contributed by atoms with E-state index in [0.29, 0.717) is 17.0 Å². The van der Waals surface area contributed by atoms with Crippen LogP contribution in [-0.2, 0) is 9.47 Å². The van der Waals surface area contributed by atoms with Gasteiger partial charge in [0.2, 0.25) is 0 Å². The van der Waals surface area contributed by atoms with Crippen LogP contribution in [0.15, 0.2) is 12.4 Å². The highest BCUT2D eigenvalue weighted by Crippen LogP contribution is 2.63. The van der Waals surface area contributed by atoms with Gasteiger partial charge in [-0.25, -0.2) is 9.97 Å². The molecule has 0 bridgehead atoms. The molecular weight excluding hydrogens is 340 g/mol. The van der Waals surface area contributed by atoms with Gasteiger partial charge in [-0.2, -0.15) is 0 Å². The van der Waals surface area contributed by atoms with Crippen molar-refractivity contribution in [3.05, 3.63) is 17.5 Å². The van der Waals surface area contributed by atoms with Gasteiger partial charge in [0.05, 0.1) is 24.2 Å². The lowest BCUT2D eigenvalue weighted by molar-refractivity contribution is -0.156. The number of halogens is 1. The first-order chi connectivity index (χ1) is 12.0. The summed E-state index contributed by atoms with van der Waals surface area (Å²) in [6.07, 6.45) is 4.36. The minimum absolute atomic E-state index is 0.0592. The number of rotatable bonds is 4. The summed E-state index contributed by atoms with van der Waals surface area (Å²) < 4.78 is 14.6. The molecule has 25 heavy (non-hydrogen) atoms. The summed E-state index contributed by atoms with van der Waals surface area (Å²) in [4.78, 5) is 9.23. The molecule has 0 amide bonds. The van der Waals surface area contributed by atoms with Gasteiger partial charge in [-0.15, -0.1) is 0 Å². The number of nitrogens with zero attached hydrogens (tertiary/aromatic N) is 3. The Morgan fingerprint density at radius 1 is 1.32 bits per heavy atom. The molecule has 2 aliphatic carbocycles. The zero-order valence-corrected chi connectivity index (χ0v) is 15.5. The second-order valence-corrected chi connectivity index (χ2v) is 8.25. The van der Waals surface area contributed by atoms with Gasteiger partial charge >= 0.3 is 0 Å². The topological polar surface area (TPSA) is 61.2 Å². The van der Waals surface area contributed by atoms with Crippen molar-refractivity contribution < 1.29 is 9.47 Å². The van der Waals surface area contributed by atoms with Crippen LogP contribution < -0.4 is 5.32 Å². The second-order valence-electron chi connectivity index (χ2n) is 7.86. The minimum Gasteiger partial charge on any atom is -0.383 e. The molecule has 5 atom stereocenters. The van der Waals surface area contributed by atoms with Gasteiger partial charge < -0.3 is 19.4 Å². The van der Waals surface area contributed by atoms with Gasteiger partial charge in [-0.1, -0.05) is 18.5 Å². The van der Waals surface area contributed by atoms with E-state index in [1.165, 1.54) is 6.42 Å². The Hall–Kier alpha value is -1.37. The largest absolute Gasteiger partial charge is 0.383 e. The molecule has 0 radical (unpaired) electrons. The third kappa shape index (κ3) is 2.38. The lowest BCUT2D eigenvalue weighted by Crippen LogP contribution is -2.30. The number of hydrogen-bond donors (Lipinski definition) is 1. The summed E-state index contributed by atoms with van der Waals surface area (Å²) in [5, 5.41) is 3.89. The lowest BCUT2D eigenvalue weighted by atomic mass is 10.1. The van der Waals surface area contributed by atoms with Crippen molar-refractivity contribution in [3.8, 4) is 0 Å². The maximum absolute atomic E-state index is 6.29. The number of ether oxygens (including phenoxy) is 2. The summed E-state index contributed by atoms with van der Waals surface area (Å²) in [5.74, 6) is 0.651. The molecule has 2 saturated carbocycles. The highest BCUT2D eigenvalue weighted by molar-refractivity contribution is 6.30. The number of pyridine rings is 1. The molecule has 3 fully saturated rings. The normalized spacial score (nSPS) is 35.0. The first-order valence-corrected chi connectivity index (χ1v) is 9.49. The number of aromatic nitrogens is 3. The SMILES string of the molecule is CCCNc1cc(Cl)nc2c1ncn2[C@@H]1[C@H]2C[C@H]2[C@H]2OC(C)(C)O[C@H]21. The number of hydrogen-bond acceptors (Lipinski definition) is 5. The molecule has 0 unspecified atom stereocenters. The number of fused-ring (bicyclic) bond motifs is 4. The molecule has 0 spiro atoms. The Morgan fingerprint density at radius 3 is 2.92 bits per heavy atom. The van der Waals surface area contributed by atoms with Crippen molar-refractivity contribution in [3.63, 3.8) is 0 Å². The average molecular weight is 363 g/mol. The van der Waals surface area contributed by atoms with Crippen LogP contribution in [0, 0.1) is 11.8 Å². The van der Waals surface area contributed by atoms with E-state index in [0.717, 1.165) is 29.8 Å². The zero-order valence-electron chi connectivity index (χ0n) is 14.7. The van der Waals surface area contributed by atoms with E-state index in [1.807, 2.05) is 26.2 Å². The highest BCUT2D eigenvalue weighted by Gasteiger charge is 2.66. The van der Waals surface area contributed by atoms with E-state index in [1.54, 1.807) is 0 Å². The van der Waals surface area contributed by atoms with Crippen LogP contribution in [0.1, 0.15) is 39.7 Å². The quantitative estimate of drug-likeness (QED) is 0.842. The van der Waals surface area contributed by atoms with Gasteiger partial charge in [0.15, 0.2) is 11.4 Å². The van der Waals surface area contributed by atoms with Crippen molar-refractivity contribution in [1.82, 2.24) is 14.5 Å². The monoisotopic (exact) mass is 362 g/mol. The molecule has 1 saturated heterocycles. The molecule has 0 aromatic carbocycles. The molecule has 3 heterocycles. The van der Waals surface area contributed by atoms with Crippen LogP contribution in [0.4, 0.5) is 5.69 Å². The maximum atomic E-state index is 6.29. The second kappa shape index (κ2) is 5.32. The first kappa shape index (κ1) is 15.9. The Labute approximate surface area is 151 Å². The molecule has 1 aliphatic heterocycles. The molecule has 1 N–H and O–H groups in total. The first-order valence-electron chi connectivity index (χ1n) is 9.11. The van der Waals surface area contributed by atoms with E-state index < -0.39 is 5.79 Å². The third-order valence-electron chi connectivity index (χ3n) is 5.64. The fourth-order valence-corrected chi connectivity index (χ4v) is 4.80. The van der Waals surface area contributed by atoms with E-state index >= 15 is 0 Å². The van der Waals surface area contributed by atoms with E-state index in [4.69, 9.17) is 21.1 Å². The fourth-order valence-electron chi connectivity index (χ4n) is 4.62. The summed E-state index contributed by atoms with van der Waals surface area (Å²) in [6, 6.07) is 2.07. The molecule has 6 nitrogen and oxygen atoms in total. The van der Waals surface area contributed by atoms with E-state index in [9.17, 15) is 0 Å². The Morgan fingerprint density at radius 2 is 2.12 bits per heavy atom. The van der Waals surface area contributed by atoms with Gasteiger partial charge in [-0.3, -0.25) is 0 Å². The van der Waals surface area contributed by atoms with E-state index in [2.05, 4.69) is 26.8 Å². The van der Waals surface area contributed by atoms with Gasteiger partial charge in [0.1, 0.15) is 16.8 Å². The number of nitrogens with one attached hydrogen (secondary N) is 1. The van der Waals surface area contributed by atoms with Crippen molar-refractivity contribution in [2.24, 2.45) is 11.8 Å². The standard InChI is InChI=1S/C18H23ClN4O2/c1-4-5-20-11-7-12(19)22-17-13(11)21-8-23(17)14-9-6-10(9)15-16(14)25-18(2,3)24-15/h7-10,14-16H,4-6H2,1-3H3,(H,20,22)/t9-,10+,14+,15+,16-/m0/s1. The predicted molar refractivity (Wildman–Crippen MR) is 95.8 cm³/mol. The van der Waals surface area contributed by atoms with Crippen LogP contribution in [0.3, 0.4) is 0 Å². The Bertz CT molecular complexity index is 836. The van der Waals surface area contributed by atoms with E-state index in [-0.39, 0.29) is 18.2 Å². The molecule has 2 aromatic heterocycles. The molecule has 5 rings (SSSR count). The Kier molecular flexibility index (Phi) is 3.37. The van der Waals surface area contributed by atoms with Crippen LogP contribution >= 0.6 is 11.6 Å². The molecular formula is C18H23ClN4O2. The third-order valence-corrected chi connectivity index (χ3v) is 5.83. The van der Waals surface area contributed by atoms with Gasteiger partial charge in [0.25, 0.3) is 0 Å². The van der Waals surface area contributed by atoms with Crippen molar-refractivity contribution >= 4 is 28.5 Å². The summed E-state index contributed by atoms with van der Waals surface area (Å²) in [5.41, 5.74) is 2.65. The summed E-state index contributed by atoms with van der Waals surface area (Å²) in [6.45, 7) is 7.00. The Balaban J connectivity index is 1.56. The fraction of sp³-hybridized carbons (Fsp3) is 0.667. The van der Waals surface area contributed by atoms with Crippen molar-refractivity contribution in [1.29, 1.82) is 0 Å². The van der Waals surface area contributed by atoms with Crippen LogP contribution in [0.5, 0.6) is 0 Å². The minimum atomic E-state index is -0.517. The number of imidazole rings is 1. The average Bonchev–Trinajstić information content (AvgIpc) is 2.98. The van der Waals surface area contributed by atoms with Gasteiger partial charge in [0, 0.05) is 12.6 Å². The summed E-state index contributed by atoms with van der Waals surface area (Å²) in [7, 11) is 0. The molecule has 2 aromatic rings. The zero-order chi connectivity index (χ0) is 17.3. The van der Waals surface area contributed by atoms with Crippen LogP contribution in [-0.4, -0.2) is 39.1 Å². The van der Waals surface area contributed by atoms with Crippen LogP contribution in [0.2, 0.25) is 5.15 Å².